The number of amides is 1. The molecule has 0 heterocycles. The SMILES string of the molecule is Cc1ccc(N(CC(=O)NC(C)c2ccccc2)S(C)(=O)=O)cc1C. The van der Waals surface area contributed by atoms with Gasteiger partial charge >= 0.3 is 0 Å². The number of aryl methyl sites for hydroxylation is 2. The molecule has 1 unspecified atom stereocenters. The third-order valence-corrected chi connectivity index (χ3v) is 5.28. The Labute approximate surface area is 149 Å². The number of carbonyl (C=O) groups is 1. The van der Waals surface area contributed by atoms with E-state index in [4.69, 9.17) is 0 Å². The highest BCUT2D eigenvalue weighted by Gasteiger charge is 2.22. The molecule has 5 nitrogen and oxygen atoms in total. The number of hydrogen-bond acceptors (Lipinski definition) is 3. The molecule has 0 spiro atoms. The van der Waals surface area contributed by atoms with E-state index in [0.717, 1.165) is 27.3 Å². The van der Waals surface area contributed by atoms with Crippen molar-refractivity contribution in [3.05, 3.63) is 65.2 Å². The van der Waals surface area contributed by atoms with E-state index in [0.29, 0.717) is 5.69 Å². The van der Waals surface area contributed by atoms with Crippen molar-refractivity contribution in [2.24, 2.45) is 0 Å². The van der Waals surface area contributed by atoms with Gasteiger partial charge in [0, 0.05) is 0 Å². The zero-order valence-electron chi connectivity index (χ0n) is 15.0. The maximum absolute atomic E-state index is 12.4. The van der Waals surface area contributed by atoms with Gasteiger partial charge in [-0.3, -0.25) is 9.10 Å². The zero-order chi connectivity index (χ0) is 18.6. The summed E-state index contributed by atoms with van der Waals surface area (Å²) in [7, 11) is -3.57. The van der Waals surface area contributed by atoms with E-state index in [1.807, 2.05) is 57.2 Å². The maximum atomic E-state index is 12.4. The van der Waals surface area contributed by atoms with Crippen molar-refractivity contribution in [2.45, 2.75) is 26.8 Å². The van der Waals surface area contributed by atoms with Crippen LogP contribution in [-0.2, 0) is 14.8 Å². The van der Waals surface area contributed by atoms with Crippen LogP contribution in [0.15, 0.2) is 48.5 Å². The Morgan fingerprint density at radius 2 is 1.72 bits per heavy atom. The van der Waals surface area contributed by atoms with Gasteiger partial charge in [0.1, 0.15) is 6.54 Å². The summed E-state index contributed by atoms with van der Waals surface area (Å²) in [6.07, 6.45) is 1.11. The molecule has 2 aromatic carbocycles. The molecule has 134 valence electrons. The van der Waals surface area contributed by atoms with Gasteiger partial charge in [0.25, 0.3) is 0 Å². The highest BCUT2D eigenvalue weighted by atomic mass is 32.2. The Kier molecular flexibility index (Phi) is 5.85. The Morgan fingerprint density at radius 1 is 1.08 bits per heavy atom. The van der Waals surface area contributed by atoms with Crippen LogP contribution in [0.5, 0.6) is 0 Å². The molecule has 0 saturated carbocycles. The third kappa shape index (κ3) is 5.06. The molecular weight excluding hydrogens is 336 g/mol. The van der Waals surface area contributed by atoms with Gasteiger partial charge in [0.2, 0.25) is 15.9 Å². The molecule has 1 amide bonds. The van der Waals surface area contributed by atoms with Gasteiger partial charge in [-0.15, -0.1) is 0 Å². The molecule has 25 heavy (non-hydrogen) atoms. The first kappa shape index (κ1) is 19.0. The summed E-state index contributed by atoms with van der Waals surface area (Å²) in [5.74, 6) is -0.347. The second-order valence-electron chi connectivity index (χ2n) is 6.24. The van der Waals surface area contributed by atoms with Gasteiger partial charge in [-0.05, 0) is 49.6 Å². The predicted molar refractivity (Wildman–Crippen MR) is 101 cm³/mol. The summed E-state index contributed by atoms with van der Waals surface area (Å²) < 4.78 is 25.5. The topological polar surface area (TPSA) is 66.5 Å². The number of sulfonamides is 1. The molecular formula is C19H24N2O3S. The first-order chi connectivity index (χ1) is 11.7. The highest BCUT2D eigenvalue weighted by molar-refractivity contribution is 7.92. The average Bonchev–Trinajstić information content (AvgIpc) is 2.55. The number of nitrogens with one attached hydrogen (secondary N) is 1. The number of nitrogens with zero attached hydrogens (tertiary/aromatic N) is 1. The minimum Gasteiger partial charge on any atom is -0.348 e. The number of carbonyl (C=O) groups excluding carboxylic acids is 1. The molecule has 0 fully saturated rings. The van der Waals surface area contributed by atoms with Crippen molar-refractivity contribution >= 4 is 21.6 Å². The van der Waals surface area contributed by atoms with E-state index in [-0.39, 0.29) is 18.5 Å². The summed E-state index contributed by atoms with van der Waals surface area (Å²) in [4.78, 5) is 12.4. The molecule has 1 atom stereocenters. The predicted octanol–water partition coefficient (Wildman–Crippen LogP) is 2.95. The van der Waals surface area contributed by atoms with Crippen molar-refractivity contribution in [3.8, 4) is 0 Å². The fraction of sp³-hybridized carbons (Fsp3) is 0.316. The molecule has 0 aliphatic heterocycles. The lowest BCUT2D eigenvalue weighted by Gasteiger charge is -2.24. The molecule has 0 aliphatic rings. The summed E-state index contributed by atoms with van der Waals surface area (Å²) >= 11 is 0. The van der Waals surface area contributed by atoms with E-state index in [9.17, 15) is 13.2 Å². The molecule has 0 aliphatic carbocycles. The van der Waals surface area contributed by atoms with Crippen LogP contribution in [0.3, 0.4) is 0 Å². The van der Waals surface area contributed by atoms with Crippen molar-refractivity contribution in [1.29, 1.82) is 0 Å². The normalized spacial score (nSPS) is 12.5. The van der Waals surface area contributed by atoms with Crippen molar-refractivity contribution in [2.75, 3.05) is 17.1 Å². The smallest absolute Gasteiger partial charge is 0.241 e. The molecule has 1 N–H and O–H groups in total. The first-order valence-electron chi connectivity index (χ1n) is 8.08. The van der Waals surface area contributed by atoms with Crippen molar-refractivity contribution in [3.63, 3.8) is 0 Å². The van der Waals surface area contributed by atoms with E-state index in [2.05, 4.69) is 5.32 Å². The molecule has 2 aromatic rings. The summed E-state index contributed by atoms with van der Waals surface area (Å²) in [5.41, 5.74) is 3.50. The quantitative estimate of drug-likeness (QED) is 0.861. The van der Waals surface area contributed by atoms with Crippen LogP contribution in [0, 0.1) is 13.8 Å². The van der Waals surface area contributed by atoms with Crippen LogP contribution >= 0.6 is 0 Å². The number of benzene rings is 2. The van der Waals surface area contributed by atoms with E-state index < -0.39 is 10.0 Å². The van der Waals surface area contributed by atoms with E-state index in [1.54, 1.807) is 12.1 Å². The molecule has 0 radical (unpaired) electrons. The van der Waals surface area contributed by atoms with Crippen LogP contribution in [0.4, 0.5) is 5.69 Å². The van der Waals surface area contributed by atoms with Gasteiger partial charge in [0.15, 0.2) is 0 Å². The molecule has 6 heteroatoms. The fourth-order valence-electron chi connectivity index (χ4n) is 2.52. The Hall–Kier alpha value is -2.34. The molecule has 0 aromatic heterocycles. The number of rotatable bonds is 6. The van der Waals surface area contributed by atoms with Gasteiger partial charge in [-0.1, -0.05) is 36.4 Å². The van der Waals surface area contributed by atoms with Gasteiger partial charge in [0.05, 0.1) is 18.0 Å². The molecule has 0 bridgehead atoms. The van der Waals surface area contributed by atoms with Gasteiger partial charge < -0.3 is 5.32 Å². The second kappa shape index (κ2) is 7.70. The van der Waals surface area contributed by atoms with Crippen molar-refractivity contribution in [1.82, 2.24) is 5.32 Å². The standard InChI is InChI=1S/C19H24N2O3S/c1-14-10-11-18(12-15(14)2)21(25(4,23)24)13-19(22)20-16(3)17-8-6-5-7-9-17/h5-12,16H,13H2,1-4H3,(H,20,22). The lowest BCUT2D eigenvalue weighted by Crippen LogP contribution is -2.41. The van der Waals surface area contributed by atoms with E-state index in [1.165, 1.54) is 0 Å². The number of anilines is 1. The minimum absolute atomic E-state index is 0.199. The van der Waals surface area contributed by atoms with E-state index >= 15 is 0 Å². The van der Waals surface area contributed by atoms with Crippen LogP contribution in [0.2, 0.25) is 0 Å². The van der Waals surface area contributed by atoms with Crippen molar-refractivity contribution < 1.29 is 13.2 Å². The lowest BCUT2D eigenvalue weighted by molar-refractivity contribution is -0.120. The molecule has 2 rings (SSSR count). The van der Waals surface area contributed by atoms with Crippen LogP contribution < -0.4 is 9.62 Å². The highest BCUT2D eigenvalue weighted by Crippen LogP contribution is 2.21. The van der Waals surface area contributed by atoms with Crippen LogP contribution in [0.1, 0.15) is 29.7 Å². The average molecular weight is 360 g/mol. The summed E-state index contributed by atoms with van der Waals surface area (Å²) in [5, 5.41) is 2.85. The summed E-state index contributed by atoms with van der Waals surface area (Å²) in [6, 6.07) is 14.7. The van der Waals surface area contributed by atoms with Gasteiger partial charge in [-0.25, -0.2) is 8.42 Å². The fourth-order valence-corrected chi connectivity index (χ4v) is 3.37. The Balaban J connectivity index is 2.17. The molecule has 0 saturated heterocycles. The second-order valence-corrected chi connectivity index (χ2v) is 8.14. The Bertz CT molecular complexity index is 848. The number of hydrogen-bond donors (Lipinski definition) is 1. The van der Waals surface area contributed by atoms with Gasteiger partial charge in [-0.2, -0.15) is 0 Å². The minimum atomic E-state index is -3.57. The monoisotopic (exact) mass is 360 g/mol. The largest absolute Gasteiger partial charge is 0.348 e. The maximum Gasteiger partial charge on any atom is 0.241 e. The van der Waals surface area contributed by atoms with Crippen LogP contribution in [-0.4, -0.2) is 27.1 Å². The lowest BCUT2D eigenvalue weighted by atomic mass is 10.1. The zero-order valence-corrected chi connectivity index (χ0v) is 15.8. The Morgan fingerprint density at radius 3 is 2.28 bits per heavy atom. The van der Waals surface area contributed by atoms with Crippen LogP contribution in [0.25, 0.3) is 0 Å². The summed E-state index contributed by atoms with van der Waals surface area (Å²) in [6.45, 7) is 5.49. The first-order valence-corrected chi connectivity index (χ1v) is 9.92. The third-order valence-electron chi connectivity index (χ3n) is 4.14.